The van der Waals surface area contributed by atoms with E-state index in [2.05, 4.69) is 0 Å². The van der Waals surface area contributed by atoms with Gasteiger partial charge in [-0.15, -0.1) is 0 Å². The third-order valence-electron chi connectivity index (χ3n) is 1.73. The van der Waals surface area contributed by atoms with E-state index in [1.807, 2.05) is 0 Å². The molecule has 3 N–H and O–H groups in total. The largest absolute Gasteiger partial charge is 0.509 e. The molecule has 0 aromatic carbocycles. The van der Waals surface area contributed by atoms with E-state index in [4.69, 9.17) is 5.11 Å². The summed E-state index contributed by atoms with van der Waals surface area (Å²) in [5, 5.41) is 27.3. The highest BCUT2D eigenvalue weighted by Crippen LogP contribution is 2.21. The summed E-state index contributed by atoms with van der Waals surface area (Å²) in [6, 6.07) is 0. The van der Waals surface area contributed by atoms with E-state index in [9.17, 15) is 15.0 Å². The second-order valence-electron chi connectivity index (χ2n) is 2.87. The lowest BCUT2D eigenvalue weighted by Crippen LogP contribution is -2.40. The molecule has 4 heteroatoms. The second-order valence-corrected chi connectivity index (χ2v) is 2.87. The molecule has 0 spiro atoms. The SMILES string of the molecule is CCC(O)(C(=O)O)C(O)=C(C)C. The van der Waals surface area contributed by atoms with Crippen LogP contribution in [-0.4, -0.2) is 26.9 Å². The number of carbonyl (C=O) groups is 1. The number of hydrogen-bond acceptors (Lipinski definition) is 3. The van der Waals surface area contributed by atoms with E-state index in [-0.39, 0.29) is 6.42 Å². The highest BCUT2D eigenvalue weighted by Gasteiger charge is 2.39. The van der Waals surface area contributed by atoms with Gasteiger partial charge in [-0.3, -0.25) is 0 Å². The zero-order valence-electron chi connectivity index (χ0n) is 7.46. The van der Waals surface area contributed by atoms with Gasteiger partial charge in [0.15, 0.2) is 0 Å². The summed E-state index contributed by atoms with van der Waals surface area (Å²) in [6.45, 7) is 4.57. The average molecular weight is 174 g/mol. The molecule has 4 nitrogen and oxygen atoms in total. The van der Waals surface area contributed by atoms with Gasteiger partial charge in [0.1, 0.15) is 5.76 Å². The van der Waals surface area contributed by atoms with Gasteiger partial charge in [0.2, 0.25) is 5.60 Å². The van der Waals surface area contributed by atoms with Gasteiger partial charge < -0.3 is 15.3 Å². The molecule has 1 unspecified atom stereocenters. The van der Waals surface area contributed by atoms with E-state index in [1.54, 1.807) is 13.8 Å². The van der Waals surface area contributed by atoms with Gasteiger partial charge in [0, 0.05) is 0 Å². The van der Waals surface area contributed by atoms with Crippen LogP contribution in [0.4, 0.5) is 0 Å². The Morgan fingerprint density at radius 2 is 1.75 bits per heavy atom. The molecule has 0 saturated heterocycles. The minimum atomic E-state index is -2.13. The number of carboxylic acid groups (broad SMARTS) is 1. The minimum Gasteiger partial charge on any atom is -0.509 e. The molecule has 1 atom stereocenters. The average Bonchev–Trinajstić information content (AvgIpc) is 2.01. The molecule has 0 aromatic heterocycles. The first kappa shape index (κ1) is 11.0. The van der Waals surface area contributed by atoms with Crippen molar-refractivity contribution in [3.05, 3.63) is 11.3 Å². The predicted octanol–water partition coefficient (Wildman–Crippen LogP) is 1.06. The van der Waals surface area contributed by atoms with Crippen molar-refractivity contribution in [3.63, 3.8) is 0 Å². The number of aliphatic hydroxyl groups excluding tert-OH is 1. The van der Waals surface area contributed by atoms with Crippen molar-refractivity contribution < 1.29 is 20.1 Å². The highest BCUT2D eigenvalue weighted by molar-refractivity contribution is 5.80. The Morgan fingerprint density at radius 3 is 1.83 bits per heavy atom. The van der Waals surface area contributed by atoms with E-state index < -0.39 is 17.3 Å². The molecule has 0 bridgehead atoms. The van der Waals surface area contributed by atoms with Crippen molar-refractivity contribution in [2.45, 2.75) is 32.8 Å². The molecule has 0 aliphatic carbocycles. The first-order valence-corrected chi connectivity index (χ1v) is 3.69. The van der Waals surface area contributed by atoms with Gasteiger partial charge >= 0.3 is 5.97 Å². The molecule has 0 aromatic rings. The summed E-state index contributed by atoms with van der Waals surface area (Å²) in [7, 11) is 0. The van der Waals surface area contributed by atoms with Crippen LogP contribution >= 0.6 is 0 Å². The van der Waals surface area contributed by atoms with Crippen molar-refractivity contribution >= 4 is 5.97 Å². The zero-order valence-corrected chi connectivity index (χ0v) is 7.46. The Kier molecular flexibility index (Phi) is 3.27. The third-order valence-corrected chi connectivity index (χ3v) is 1.73. The summed E-state index contributed by atoms with van der Waals surface area (Å²) in [4.78, 5) is 10.6. The first-order chi connectivity index (χ1) is 5.36. The van der Waals surface area contributed by atoms with Gasteiger partial charge in [-0.2, -0.15) is 0 Å². The molecule has 0 heterocycles. The van der Waals surface area contributed by atoms with Crippen LogP contribution in [-0.2, 0) is 4.79 Å². The molecule has 0 saturated carbocycles. The van der Waals surface area contributed by atoms with Crippen molar-refractivity contribution in [1.29, 1.82) is 0 Å². The monoisotopic (exact) mass is 174 g/mol. The van der Waals surface area contributed by atoms with Gasteiger partial charge in [-0.25, -0.2) is 4.79 Å². The Bertz CT molecular complexity index is 215. The molecule has 0 aliphatic heterocycles. The minimum absolute atomic E-state index is 0.0562. The Labute approximate surface area is 71.1 Å². The maximum absolute atomic E-state index is 10.6. The summed E-state index contributed by atoms with van der Waals surface area (Å²) in [5.74, 6) is -1.90. The van der Waals surface area contributed by atoms with Gasteiger partial charge in [0.05, 0.1) is 0 Å². The van der Waals surface area contributed by atoms with Crippen molar-refractivity contribution in [3.8, 4) is 0 Å². The zero-order chi connectivity index (χ0) is 9.94. The summed E-state index contributed by atoms with van der Waals surface area (Å²) in [6.07, 6.45) is -0.0562. The standard InChI is InChI=1S/C8H14O4/c1-4-8(12,7(10)11)6(9)5(2)3/h9,12H,4H2,1-3H3,(H,10,11). The third kappa shape index (κ3) is 1.76. The second kappa shape index (κ2) is 3.58. The maximum atomic E-state index is 10.6. The van der Waals surface area contributed by atoms with Crippen LogP contribution in [0.25, 0.3) is 0 Å². The Morgan fingerprint density at radius 1 is 1.33 bits per heavy atom. The normalized spacial score (nSPS) is 15.0. The maximum Gasteiger partial charge on any atom is 0.343 e. The lowest BCUT2D eigenvalue weighted by atomic mass is 9.96. The molecular formula is C8H14O4. The molecule has 0 aliphatic rings. The molecular weight excluding hydrogens is 160 g/mol. The molecule has 0 rings (SSSR count). The number of rotatable bonds is 3. The van der Waals surface area contributed by atoms with Gasteiger partial charge in [-0.1, -0.05) is 6.92 Å². The lowest BCUT2D eigenvalue weighted by molar-refractivity contribution is -0.157. The predicted molar refractivity (Wildman–Crippen MR) is 43.9 cm³/mol. The van der Waals surface area contributed by atoms with Crippen LogP contribution in [0.3, 0.4) is 0 Å². The summed E-state index contributed by atoms with van der Waals surface area (Å²) < 4.78 is 0. The molecule has 12 heavy (non-hydrogen) atoms. The van der Waals surface area contributed by atoms with E-state index >= 15 is 0 Å². The van der Waals surface area contributed by atoms with Crippen molar-refractivity contribution in [2.75, 3.05) is 0 Å². The van der Waals surface area contributed by atoms with E-state index in [1.165, 1.54) is 6.92 Å². The van der Waals surface area contributed by atoms with Crippen LogP contribution in [0.2, 0.25) is 0 Å². The highest BCUT2D eigenvalue weighted by atomic mass is 16.4. The van der Waals surface area contributed by atoms with Crippen molar-refractivity contribution in [1.82, 2.24) is 0 Å². The fraction of sp³-hybridized carbons (Fsp3) is 0.625. The van der Waals surface area contributed by atoms with Crippen molar-refractivity contribution in [2.24, 2.45) is 0 Å². The number of aliphatic carboxylic acids is 1. The number of hydrogen-bond donors (Lipinski definition) is 3. The number of allylic oxidation sites excluding steroid dienone is 1. The molecule has 0 amide bonds. The van der Waals surface area contributed by atoms with Crippen LogP contribution in [0.15, 0.2) is 11.3 Å². The van der Waals surface area contributed by atoms with Crippen LogP contribution < -0.4 is 0 Å². The quantitative estimate of drug-likeness (QED) is 0.559. The molecule has 0 radical (unpaired) electrons. The Hall–Kier alpha value is -1.03. The van der Waals surface area contributed by atoms with Crippen LogP contribution in [0.1, 0.15) is 27.2 Å². The van der Waals surface area contributed by atoms with Gasteiger partial charge in [-0.05, 0) is 25.8 Å². The van der Waals surface area contributed by atoms with Crippen LogP contribution in [0, 0.1) is 0 Å². The summed E-state index contributed by atoms with van der Waals surface area (Å²) in [5.41, 5.74) is -1.72. The van der Waals surface area contributed by atoms with Crippen LogP contribution in [0.5, 0.6) is 0 Å². The fourth-order valence-electron chi connectivity index (χ4n) is 0.834. The number of carboxylic acids is 1. The van der Waals surface area contributed by atoms with E-state index in [0.29, 0.717) is 5.57 Å². The number of aliphatic hydroxyl groups is 2. The smallest absolute Gasteiger partial charge is 0.343 e. The Balaban J connectivity index is 5.03. The summed E-state index contributed by atoms with van der Waals surface area (Å²) >= 11 is 0. The first-order valence-electron chi connectivity index (χ1n) is 3.69. The molecule has 70 valence electrons. The topological polar surface area (TPSA) is 77.8 Å². The lowest BCUT2D eigenvalue weighted by Gasteiger charge is -2.21. The van der Waals surface area contributed by atoms with Gasteiger partial charge in [0.25, 0.3) is 0 Å². The molecule has 0 fully saturated rings. The fourth-order valence-corrected chi connectivity index (χ4v) is 0.834. The van der Waals surface area contributed by atoms with E-state index in [0.717, 1.165) is 0 Å².